The highest BCUT2D eigenvalue weighted by Crippen LogP contribution is 2.31. The Hall–Kier alpha value is -2.10. The van der Waals surface area contributed by atoms with Gasteiger partial charge in [-0.1, -0.05) is 0 Å². The molecule has 98 valence electrons. The molecule has 4 heteroatoms. The Kier molecular flexibility index (Phi) is 3.07. The predicted octanol–water partition coefficient (Wildman–Crippen LogP) is 2.53. The van der Waals surface area contributed by atoms with Crippen LogP contribution >= 0.6 is 0 Å². The van der Waals surface area contributed by atoms with Gasteiger partial charge in [-0.15, -0.1) is 0 Å². The van der Waals surface area contributed by atoms with Crippen LogP contribution in [-0.4, -0.2) is 16.8 Å². The standard InChI is InChI=1S/C15H16N2O2/c1-10-8-12(13-5-7-15(18)17-16-13)4-6-14(10)19-9-11-2-3-11/h4-8,11H,2-3,9H2,1H3,(H,17,18). The molecule has 0 amide bonds. The van der Waals surface area contributed by atoms with E-state index in [4.69, 9.17) is 4.74 Å². The van der Waals surface area contributed by atoms with Gasteiger partial charge in [0.25, 0.3) is 5.56 Å². The maximum absolute atomic E-state index is 11.0. The van der Waals surface area contributed by atoms with Gasteiger partial charge in [0.1, 0.15) is 5.75 Å². The van der Waals surface area contributed by atoms with Gasteiger partial charge in [-0.3, -0.25) is 4.79 Å². The molecule has 1 heterocycles. The minimum atomic E-state index is -0.190. The Morgan fingerprint density at radius 1 is 1.32 bits per heavy atom. The topological polar surface area (TPSA) is 55.0 Å². The summed E-state index contributed by atoms with van der Waals surface area (Å²) in [6.07, 6.45) is 2.58. The van der Waals surface area contributed by atoms with Gasteiger partial charge >= 0.3 is 0 Å². The first-order valence-electron chi connectivity index (χ1n) is 6.52. The number of nitrogens with one attached hydrogen (secondary N) is 1. The summed E-state index contributed by atoms with van der Waals surface area (Å²) in [6, 6.07) is 9.17. The third kappa shape index (κ3) is 2.84. The molecule has 1 aromatic carbocycles. The molecular weight excluding hydrogens is 240 g/mol. The van der Waals surface area contributed by atoms with Gasteiger partial charge in [0.15, 0.2) is 0 Å². The first-order chi connectivity index (χ1) is 9.22. The summed E-state index contributed by atoms with van der Waals surface area (Å²) < 4.78 is 5.79. The highest BCUT2D eigenvalue weighted by Gasteiger charge is 2.22. The highest BCUT2D eigenvalue weighted by molar-refractivity contribution is 5.61. The van der Waals surface area contributed by atoms with Crippen LogP contribution in [0.25, 0.3) is 11.3 Å². The molecule has 1 N–H and O–H groups in total. The zero-order chi connectivity index (χ0) is 13.2. The zero-order valence-electron chi connectivity index (χ0n) is 10.8. The van der Waals surface area contributed by atoms with E-state index in [-0.39, 0.29) is 5.56 Å². The van der Waals surface area contributed by atoms with Crippen LogP contribution < -0.4 is 10.3 Å². The molecule has 0 unspecified atom stereocenters. The van der Waals surface area contributed by atoms with Crippen molar-refractivity contribution in [1.82, 2.24) is 10.2 Å². The van der Waals surface area contributed by atoms with Crippen LogP contribution in [0.5, 0.6) is 5.75 Å². The number of hydrogen-bond acceptors (Lipinski definition) is 3. The fourth-order valence-corrected chi connectivity index (χ4v) is 1.97. The molecule has 19 heavy (non-hydrogen) atoms. The van der Waals surface area contributed by atoms with Gasteiger partial charge in [-0.05, 0) is 55.5 Å². The van der Waals surface area contributed by atoms with Crippen molar-refractivity contribution in [2.45, 2.75) is 19.8 Å². The second kappa shape index (κ2) is 4.88. The van der Waals surface area contributed by atoms with Crippen molar-refractivity contribution in [3.05, 3.63) is 46.2 Å². The molecular formula is C15H16N2O2. The zero-order valence-corrected chi connectivity index (χ0v) is 10.8. The van der Waals surface area contributed by atoms with Crippen molar-refractivity contribution in [2.75, 3.05) is 6.61 Å². The van der Waals surface area contributed by atoms with Crippen LogP contribution in [-0.2, 0) is 0 Å². The van der Waals surface area contributed by atoms with Crippen LogP contribution in [0.1, 0.15) is 18.4 Å². The van der Waals surface area contributed by atoms with E-state index in [0.29, 0.717) is 0 Å². The molecule has 3 rings (SSSR count). The smallest absolute Gasteiger partial charge is 0.264 e. The van der Waals surface area contributed by atoms with E-state index in [1.807, 2.05) is 25.1 Å². The molecule has 1 aliphatic carbocycles. The summed E-state index contributed by atoms with van der Waals surface area (Å²) in [5.41, 5.74) is 2.64. The second-order valence-electron chi connectivity index (χ2n) is 5.04. The van der Waals surface area contributed by atoms with Crippen LogP contribution in [0.2, 0.25) is 0 Å². The lowest BCUT2D eigenvalue weighted by molar-refractivity contribution is 0.298. The fourth-order valence-electron chi connectivity index (χ4n) is 1.97. The van der Waals surface area contributed by atoms with Gasteiger partial charge in [0, 0.05) is 11.6 Å². The summed E-state index contributed by atoms with van der Waals surface area (Å²) in [6.45, 7) is 2.84. The number of nitrogens with zero attached hydrogens (tertiary/aromatic N) is 1. The molecule has 0 atom stereocenters. The molecule has 2 aromatic rings. The Morgan fingerprint density at radius 3 is 2.79 bits per heavy atom. The van der Waals surface area contributed by atoms with Crippen molar-refractivity contribution in [3.8, 4) is 17.0 Å². The number of hydrogen-bond donors (Lipinski definition) is 1. The Labute approximate surface area is 111 Å². The van der Waals surface area contributed by atoms with Gasteiger partial charge in [-0.2, -0.15) is 5.10 Å². The van der Waals surface area contributed by atoms with Crippen LogP contribution in [0.3, 0.4) is 0 Å². The van der Waals surface area contributed by atoms with Crippen LogP contribution in [0.4, 0.5) is 0 Å². The van der Waals surface area contributed by atoms with Gasteiger partial charge in [-0.25, -0.2) is 5.10 Å². The molecule has 0 aliphatic heterocycles. The van der Waals surface area contributed by atoms with Crippen LogP contribution in [0.15, 0.2) is 35.1 Å². The number of rotatable bonds is 4. The first kappa shape index (κ1) is 12.0. The lowest BCUT2D eigenvalue weighted by atomic mass is 10.1. The van der Waals surface area contributed by atoms with E-state index in [2.05, 4.69) is 10.2 Å². The number of aromatic nitrogens is 2. The molecule has 0 radical (unpaired) electrons. The number of benzene rings is 1. The van der Waals surface area contributed by atoms with Crippen molar-refractivity contribution < 1.29 is 4.74 Å². The number of aryl methyl sites for hydroxylation is 1. The van der Waals surface area contributed by atoms with Gasteiger partial charge in [0.05, 0.1) is 12.3 Å². The monoisotopic (exact) mass is 256 g/mol. The Morgan fingerprint density at radius 2 is 2.16 bits per heavy atom. The molecule has 4 nitrogen and oxygen atoms in total. The Bertz CT molecular complexity index is 624. The van der Waals surface area contributed by atoms with Crippen molar-refractivity contribution in [1.29, 1.82) is 0 Å². The van der Waals surface area contributed by atoms with Gasteiger partial charge < -0.3 is 4.74 Å². The van der Waals surface area contributed by atoms with E-state index in [1.54, 1.807) is 6.07 Å². The minimum Gasteiger partial charge on any atom is -0.493 e. The lowest BCUT2D eigenvalue weighted by Crippen LogP contribution is -2.05. The fraction of sp³-hybridized carbons (Fsp3) is 0.333. The minimum absolute atomic E-state index is 0.190. The first-order valence-corrected chi connectivity index (χ1v) is 6.52. The second-order valence-corrected chi connectivity index (χ2v) is 5.04. The summed E-state index contributed by atoms with van der Waals surface area (Å²) in [5, 5.41) is 6.47. The molecule has 0 spiro atoms. The SMILES string of the molecule is Cc1cc(-c2ccc(=O)[nH]n2)ccc1OCC1CC1. The number of ether oxygens (including phenoxy) is 1. The average molecular weight is 256 g/mol. The predicted molar refractivity (Wildman–Crippen MR) is 73.2 cm³/mol. The van der Waals surface area contributed by atoms with Crippen LogP contribution in [0, 0.1) is 12.8 Å². The summed E-state index contributed by atoms with van der Waals surface area (Å²) in [4.78, 5) is 11.0. The molecule has 1 fully saturated rings. The van der Waals surface area contributed by atoms with E-state index in [9.17, 15) is 4.79 Å². The number of aromatic amines is 1. The van der Waals surface area contributed by atoms with E-state index in [1.165, 1.54) is 18.9 Å². The summed E-state index contributed by atoms with van der Waals surface area (Å²) in [7, 11) is 0. The van der Waals surface area contributed by atoms with Crippen molar-refractivity contribution >= 4 is 0 Å². The maximum Gasteiger partial charge on any atom is 0.264 e. The van der Waals surface area contributed by atoms with E-state index in [0.717, 1.165) is 35.1 Å². The van der Waals surface area contributed by atoms with Crippen molar-refractivity contribution in [2.24, 2.45) is 5.92 Å². The molecule has 1 saturated carbocycles. The molecule has 1 aromatic heterocycles. The van der Waals surface area contributed by atoms with E-state index < -0.39 is 0 Å². The Balaban J connectivity index is 1.81. The van der Waals surface area contributed by atoms with Crippen molar-refractivity contribution in [3.63, 3.8) is 0 Å². The molecule has 1 aliphatic rings. The molecule has 0 saturated heterocycles. The largest absolute Gasteiger partial charge is 0.493 e. The average Bonchev–Trinajstić information content (AvgIpc) is 3.22. The highest BCUT2D eigenvalue weighted by atomic mass is 16.5. The summed E-state index contributed by atoms with van der Waals surface area (Å²) in [5.74, 6) is 1.68. The normalized spacial score (nSPS) is 14.4. The lowest BCUT2D eigenvalue weighted by Gasteiger charge is -2.10. The molecule has 0 bridgehead atoms. The van der Waals surface area contributed by atoms with E-state index >= 15 is 0 Å². The van der Waals surface area contributed by atoms with Gasteiger partial charge in [0.2, 0.25) is 0 Å². The number of H-pyrrole nitrogens is 1. The summed E-state index contributed by atoms with van der Waals surface area (Å²) >= 11 is 0. The third-order valence-corrected chi connectivity index (χ3v) is 3.32. The third-order valence-electron chi connectivity index (χ3n) is 3.32. The maximum atomic E-state index is 11.0. The quantitative estimate of drug-likeness (QED) is 0.914.